The molecular formula is C34H48N4O2. The number of hydrogen-bond donors (Lipinski definition) is 0. The molecule has 0 aromatic heterocycles. The van der Waals surface area contributed by atoms with Crippen LogP contribution in [-0.4, -0.2) is 76.4 Å². The third-order valence-corrected chi connectivity index (χ3v) is 7.93. The van der Waals surface area contributed by atoms with Gasteiger partial charge in [-0.25, -0.2) is 0 Å². The zero-order chi connectivity index (χ0) is 28.8. The highest BCUT2D eigenvalue weighted by Gasteiger charge is 2.25. The summed E-state index contributed by atoms with van der Waals surface area (Å²) < 4.78 is 13.1. The Kier molecular flexibility index (Phi) is 9.99. The maximum absolute atomic E-state index is 6.61. The maximum atomic E-state index is 6.61. The average molecular weight is 545 g/mol. The second kappa shape index (κ2) is 13.4. The molecule has 216 valence electrons. The van der Waals surface area contributed by atoms with E-state index in [2.05, 4.69) is 130 Å². The van der Waals surface area contributed by atoms with Gasteiger partial charge in [-0.05, 0) is 122 Å². The lowest BCUT2D eigenvalue weighted by Gasteiger charge is -2.32. The predicted octanol–water partition coefficient (Wildman–Crippen LogP) is 6.74. The van der Waals surface area contributed by atoms with Crippen LogP contribution in [0.2, 0.25) is 0 Å². The van der Waals surface area contributed by atoms with E-state index in [1.165, 1.54) is 16.9 Å². The standard InChI is InChI=1S/C34H48N4O2/c1-9-37(10-2)27-14-16-30-25(5)20-29(39-32(30)23-27)21-26-22-34(36(8)19-13-18-35(6)7)40-33-24-28(15-17-31(26)33)38(11-3)12-4/h14-17,20-24,34H,9-13,18-19H2,1-8H3/b29-21-. The zero-order valence-electron chi connectivity index (χ0n) is 25.8. The first-order valence-corrected chi connectivity index (χ1v) is 14.9. The Morgan fingerprint density at radius 1 is 0.775 bits per heavy atom. The van der Waals surface area contributed by atoms with Gasteiger partial charge < -0.3 is 24.2 Å². The largest absolute Gasteiger partial charge is 0.471 e. The molecule has 1 unspecified atom stereocenters. The predicted molar refractivity (Wildman–Crippen MR) is 171 cm³/mol. The molecule has 0 saturated heterocycles. The Morgan fingerprint density at radius 3 is 1.98 bits per heavy atom. The molecule has 0 fully saturated rings. The van der Waals surface area contributed by atoms with Crippen molar-refractivity contribution in [3.63, 3.8) is 0 Å². The molecule has 1 atom stereocenters. The summed E-state index contributed by atoms with van der Waals surface area (Å²) >= 11 is 0. The molecule has 2 aliphatic heterocycles. The van der Waals surface area contributed by atoms with Crippen LogP contribution >= 0.6 is 0 Å². The van der Waals surface area contributed by atoms with E-state index in [1.807, 2.05) is 0 Å². The minimum absolute atomic E-state index is 0.149. The van der Waals surface area contributed by atoms with Crippen molar-refractivity contribution in [2.45, 2.75) is 47.3 Å². The van der Waals surface area contributed by atoms with E-state index in [-0.39, 0.29) is 6.23 Å². The van der Waals surface area contributed by atoms with Crippen molar-refractivity contribution in [2.24, 2.45) is 0 Å². The highest BCUT2D eigenvalue weighted by molar-refractivity contribution is 5.83. The molecule has 0 bridgehead atoms. The van der Waals surface area contributed by atoms with Crippen LogP contribution in [0.5, 0.6) is 11.5 Å². The molecular weight excluding hydrogens is 496 g/mol. The molecule has 0 amide bonds. The van der Waals surface area contributed by atoms with Crippen molar-refractivity contribution >= 4 is 22.5 Å². The van der Waals surface area contributed by atoms with Crippen LogP contribution in [0.25, 0.3) is 11.1 Å². The molecule has 2 aromatic carbocycles. The van der Waals surface area contributed by atoms with Crippen molar-refractivity contribution in [2.75, 3.05) is 70.2 Å². The molecule has 2 aliphatic rings. The van der Waals surface area contributed by atoms with E-state index in [1.54, 1.807) is 0 Å². The van der Waals surface area contributed by atoms with Gasteiger partial charge in [-0.1, -0.05) is 0 Å². The van der Waals surface area contributed by atoms with E-state index in [0.717, 1.165) is 79.6 Å². The van der Waals surface area contributed by atoms with Crippen molar-refractivity contribution in [1.82, 2.24) is 9.80 Å². The topological polar surface area (TPSA) is 31.4 Å². The minimum Gasteiger partial charge on any atom is -0.471 e. The van der Waals surface area contributed by atoms with Crippen molar-refractivity contribution in [1.29, 1.82) is 0 Å². The van der Waals surface area contributed by atoms with Crippen LogP contribution < -0.4 is 19.3 Å². The van der Waals surface area contributed by atoms with E-state index in [9.17, 15) is 0 Å². The number of nitrogens with zero attached hydrogens (tertiary/aromatic N) is 4. The van der Waals surface area contributed by atoms with E-state index in [0.29, 0.717) is 0 Å². The lowest BCUT2D eigenvalue weighted by atomic mass is 9.97. The molecule has 6 nitrogen and oxygen atoms in total. The number of likely N-dealkylation sites (N-methyl/N-ethyl adjacent to an activating group) is 1. The van der Waals surface area contributed by atoms with Crippen LogP contribution in [-0.2, 0) is 0 Å². The lowest BCUT2D eigenvalue weighted by molar-refractivity contribution is 0.0799. The summed E-state index contributed by atoms with van der Waals surface area (Å²) in [7, 11) is 6.39. The summed E-state index contributed by atoms with van der Waals surface area (Å²) in [6.07, 6.45) is 7.49. The third kappa shape index (κ3) is 6.73. The summed E-state index contributed by atoms with van der Waals surface area (Å²) in [6.45, 7) is 16.8. The summed E-state index contributed by atoms with van der Waals surface area (Å²) in [5.74, 6) is 2.68. The number of fused-ring (bicyclic) bond motifs is 2. The molecule has 4 rings (SSSR count). The number of allylic oxidation sites excluding steroid dienone is 4. The fourth-order valence-corrected chi connectivity index (χ4v) is 5.53. The Balaban J connectivity index is 1.70. The summed E-state index contributed by atoms with van der Waals surface area (Å²) in [5, 5.41) is 0. The molecule has 0 N–H and O–H groups in total. The monoisotopic (exact) mass is 544 g/mol. The van der Waals surface area contributed by atoms with Gasteiger partial charge in [-0.15, -0.1) is 0 Å². The normalized spacial score (nSPS) is 17.1. The number of ether oxygens (including phenoxy) is 2. The fraction of sp³-hybridized carbons (Fsp3) is 0.471. The van der Waals surface area contributed by atoms with Crippen LogP contribution in [0.1, 0.15) is 52.2 Å². The zero-order valence-corrected chi connectivity index (χ0v) is 25.8. The highest BCUT2D eigenvalue weighted by atomic mass is 16.5. The highest BCUT2D eigenvalue weighted by Crippen LogP contribution is 2.40. The van der Waals surface area contributed by atoms with E-state index in [4.69, 9.17) is 9.47 Å². The maximum Gasteiger partial charge on any atom is 0.172 e. The van der Waals surface area contributed by atoms with E-state index < -0.39 is 0 Å². The second-order valence-corrected chi connectivity index (χ2v) is 10.9. The summed E-state index contributed by atoms with van der Waals surface area (Å²) in [6, 6.07) is 13.2. The van der Waals surface area contributed by atoms with Gasteiger partial charge in [-0.2, -0.15) is 0 Å². The van der Waals surface area contributed by atoms with Gasteiger partial charge in [0.25, 0.3) is 0 Å². The molecule has 2 aromatic rings. The van der Waals surface area contributed by atoms with Gasteiger partial charge in [0.15, 0.2) is 6.23 Å². The van der Waals surface area contributed by atoms with Crippen molar-refractivity contribution < 1.29 is 9.47 Å². The van der Waals surface area contributed by atoms with Gasteiger partial charge in [0.2, 0.25) is 0 Å². The summed E-state index contributed by atoms with van der Waals surface area (Å²) in [5.41, 5.74) is 6.96. The van der Waals surface area contributed by atoms with Gasteiger partial charge in [-0.3, -0.25) is 4.90 Å². The van der Waals surface area contributed by atoms with Gasteiger partial charge in [0, 0.05) is 67.4 Å². The van der Waals surface area contributed by atoms with Crippen molar-refractivity contribution in [3.8, 4) is 11.5 Å². The number of hydrogen-bond acceptors (Lipinski definition) is 6. The van der Waals surface area contributed by atoms with Gasteiger partial charge in [0.1, 0.15) is 17.3 Å². The molecule has 0 radical (unpaired) electrons. The lowest BCUT2D eigenvalue weighted by Crippen LogP contribution is -2.38. The van der Waals surface area contributed by atoms with Gasteiger partial charge >= 0.3 is 0 Å². The Hall–Kier alpha value is -3.22. The average Bonchev–Trinajstić information content (AvgIpc) is 2.93. The van der Waals surface area contributed by atoms with Crippen LogP contribution in [0.15, 0.2) is 60.4 Å². The number of rotatable bonds is 12. The molecule has 0 spiro atoms. The molecule has 0 aliphatic carbocycles. The molecule has 2 heterocycles. The van der Waals surface area contributed by atoms with Crippen LogP contribution in [0, 0.1) is 0 Å². The number of benzene rings is 2. The second-order valence-electron chi connectivity index (χ2n) is 10.9. The Morgan fingerprint density at radius 2 is 1.38 bits per heavy atom. The van der Waals surface area contributed by atoms with E-state index >= 15 is 0 Å². The third-order valence-electron chi connectivity index (χ3n) is 7.93. The Bertz CT molecular complexity index is 1250. The van der Waals surface area contributed by atoms with Gasteiger partial charge in [0.05, 0.1) is 0 Å². The summed E-state index contributed by atoms with van der Waals surface area (Å²) in [4.78, 5) is 9.23. The molecule has 0 saturated carbocycles. The quantitative estimate of drug-likeness (QED) is 0.294. The molecule has 6 heteroatoms. The van der Waals surface area contributed by atoms with Crippen molar-refractivity contribution in [3.05, 3.63) is 71.5 Å². The smallest absolute Gasteiger partial charge is 0.172 e. The minimum atomic E-state index is -0.149. The first-order valence-electron chi connectivity index (χ1n) is 14.9. The number of anilines is 2. The van der Waals surface area contributed by atoms with Crippen LogP contribution in [0.4, 0.5) is 11.4 Å². The fourth-order valence-electron chi connectivity index (χ4n) is 5.53. The van der Waals surface area contributed by atoms with Crippen LogP contribution in [0.3, 0.4) is 0 Å². The Labute approximate surface area is 242 Å². The first kappa shape index (κ1) is 29.8. The SMILES string of the molecule is CCN(CC)c1ccc2c(c1)O/C(=C\C1=CC(N(C)CCCN(C)C)Oc3cc(N(CC)CC)ccc31)C=C2C. The molecule has 40 heavy (non-hydrogen) atoms. The first-order chi connectivity index (χ1) is 19.3.